The molecule has 0 saturated carbocycles. The molecule has 0 aliphatic carbocycles. The van der Waals surface area contributed by atoms with Crippen LogP contribution < -0.4 is 0 Å². The molecular weight excluding hydrogens is 414 g/mol. The number of hydrogen-bond donors (Lipinski definition) is 2. The average molecular weight is 456 g/mol. The van der Waals surface area contributed by atoms with E-state index in [-0.39, 0.29) is 18.0 Å². The van der Waals surface area contributed by atoms with Gasteiger partial charge in [0.05, 0.1) is 6.42 Å². The Bertz CT molecular complexity index is 896. The first-order chi connectivity index (χ1) is 15.8. The lowest BCUT2D eigenvalue weighted by atomic mass is 9.99. The number of phenolic OH excluding ortho intramolecular Hbond substituents is 1. The van der Waals surface area contributed by atoms with Crippen molar-refractivity contribution in [1.82, 2.24) is 4.57 Å². The van der Waals surface area contributed by atoms with Crippen LogP contribution in [0, 0.1) is 13.8 Å². The van der Waals surface area contributed by atoms with E-state index in [1.165, 1.54) is 44.9 Å². The van der Waals surface area contributed by atoms with Crippen LogP contribution in [0.4, 0.5) is 0 Å². The molecule has 2 aromatic rings. The van der Waals surface area contributed by atoms with Crippen molar-refractivity contribution in [3.8, 4) is 5.75 Å². The minimum atomic E-state index is -0.841. The molecule has 0 saturated heterocycles. The van der Waals surface area contributed by atoms with Gasteiger partial charge in [-0.25, -0.2) is 0 Å². The van der Waals surface area contributed by atoms with Crippen molar-refractivity contribution >= 4 is 11.8 Å². The number of carboxylic acid groups (broad SMARTS) is 1. The topological polar surface area (TPSA) is 79.5 Å². The molecule has 0 fully saturated rings. The Morgan fingerprint density at radius 1 is 0.848 bits per heavy atom. The van der Waals surface area contributed by atoms with E-state index in [1.807, 2.05) is 26.0 Å². The fourth-order valence-corrected chi connectivity index (χ4v) is 4.63. The summed E-state index contributed by atoms with van der Waals surface area (Å²) in [6.45, 7) is 6.69. The summed E-state index contributed by atoms with van der Waals surface area (Å²) in [5.74, 6) is -0.469. The second-order valence-corrected chi connectivity index (χ2v) is 9.18. The lowest BCUT2D eigenvalue weighted by Gasteiger charge is -2.12. The molecule has 182 valence electrons. The van der Waals surface area contributed by atoms with Gasteiger partial charge in [0.15, 0.2) is 5.78 Å². The summed E-state index contributed by atoms with van der Waals surface area (Å²) in [6, 6.07) is 7.01. The number of aliphatic carboxylic acids is 1. The minimum absolute atomic E-state index is 0.0335. The highest BCUT2D eigenvalue weighted by Crippen LogP contribution is 2.27. The Labute approximate surface area is 198 Å². The Kier molecular flexibility index (Phi) is 11.2. The van der Waals surface area contributed by atoms with Gasteiger partial charge in [0.2, 0.25) is 0 Å². The first-order valence-electron chi connectivity index (χ1n) is 12.6. The van der Waals surface area contributed by atoms with Gasteiger partial charge in [-0.15, -0.1) is 0 Å². The number of phenols is 1. The summed E-state index contributed by atoms with van der Waals surface area (Å²) in [5, 5.41) is 18.8. The van der Waals surface area contributed by atoms with Gasteiger partial charge in [-0.2, -0.15) is 0 Å². The van der Waals surface area contributed by atoms with Gasteiger partial charge < -0.3 is 14.8 Å². The maximum Gasteiger partial charge on any atom is 0.303 e. The number of rotatable bonds is 16. The molecule has 5 nitrogen and oxygen atoms in total. The van der Waals surface area contributed by atoms with Crippen LogP contribution in [0.3, 0.4) is 0 Å². The van der Waals surface area contributed by atoms with E-state index in [1.54, 1.807) is 12.1 Å². The quantitative estimate of drug-likeness (QED) is 0.211. The predicted octanol–water partition coefficient (Wildman–Crippen LogP) is 6.98. The second kappa shape index (κ2) is 13.9. The molecule has 1 heterocycles. The van der Waals surface area contributed by atoms with Crippen molar-refractivity contribution in [2.24, 2.45) is 0 Å². The molecule has 0 amide bonds. The number of aromatic hydroxyl groups is 1. The molecule has 33 heavy (non-hydrogen) atoms. The first kappa shape index (κ1) is 26.7. The summed E-state index contributed by atoms with van der Waals surface area (Å²) < 4.78 is 2.08. The Morgan fingerprint density at radius 2 is 1.42 bits per heavy atom. The van der Waals surface area contributed by atoms with Crippen LogP contribution >= 0.6 is 0 Å². The molecule has 0 radical (unpaired) electrons. The third kappa shape index (κ3) is 8.38. The molecule has 0 bridgehead atoms. The number of hydrogen-bond acceptors (Lipinski definition) is 3. The molecule has 0 aliphatic heterocycles. The molecule has 0 aliphatic rings. The predicted molar refractivity (Wildman–Crippen MR) is 133 cm³/mol. The fourth-order valence-electron chi connectivity index (χ4n) is 4.63. The summed E-state index contributed by atoms with van der Waals surface area (Å²) in [4.78, 5) is 24.3. The van der Waals surface area contributed by atoms with Crippen LogP contribution in [0.2, 0.25) is 0 Å². The van der Waals surface area contributed by atoms with Crippen molar-refractivity contribution in [2.45, 2.75) is 104 Å². The largest absolute Gasteiger partial charge is 0.508 e. The number of carboxylic acids is 1. The number of benzene rings is 1. The SMILES string of the molecule is CCCCCCCCCCCC(=O)c1c(C)c(CCC(=O)O)n(Cc2ccc(O)cc2)c1C. The van der Waals surface area contributed by atoms with Crippen LogP contribution in [0.15, 0.2) is 24.3 Å². The zero-order chi connectivity index (χ0) is 24.2. The standard InChI is InChI=1S/C28H41NO4/c1-4-5-6-7-8-9-10-11-12-13-26(31)28-21(2)25(18-19-27(32)33)29(22(28)3)20-23-14-16-24(30)17-15-23/h14-17,30H,4-13,18-20H2,1-3H3,(H,32,33). The van der Waals surface area contributed by atoms with Crippen molar-refractivity contribution < 1.29 is 19.8 Å². The number of carbonyl (C=O) groups excluding carboxylic acids is 1. The summed E-state index contributed by atoms with van der Waals surface area (Å²) >= 11 is 0. The Hall–Kier alpha value is -2.56. The fraction of sp³-hybridized carbons (Fsp3) is 0.571. The molecule has 2 N–H and O–H groups in total. The molecular formula is C28H41NO4. The van der Waals surface area contributed by atoms with Gasteiger partial charge in [-0.3, -0.25) is 9.59 Å². The molecule has 2 rings (SSSR count). The van der Waals surface area contributed by atoms with E-state index < -0.39 is 5.97 Å². The van der Waals surface area contributed by atoms with Crippen molar-refractivity contribution in [3.05, 3.63) is 52.3 Å². The third-order valence-corrected chi connectivity index (χ3v) is 6.54. The number of ketones is 1. The monoisotopic (exact) mass is 455 g/mol. The third-order valence-electron chi connectivity index (χ3n) is 6.54. The molecule has 1 aromatic heterocycles. The summed E-state index contributed by atoms with van der Waals surface area (Å²) in [6.07, 6.45) is 11.9. The van der Waals surface area contributed by atoms with E-state index >= 15 is 0 Å². The van der Waals surface area contributed by atoms with Crippen LogP contribution in [0.1, 0.15) is 110 Å². The second-order valence-electron chi connectivity index (χ2n) is 9.18. The Morgan fingerprint density at radius 3 is 2.00 bits per heavy atom. The smallest absolute Gasteiger partial charge is 0.303 e. The molecule has 0 atom stereocenters. The van der Waals surface area contributed by atoms with E-state index in [4.69, 9.17) is 0 Å². The number of nitrogens with zero attached hydrogens (tertiary/aromatic N) is 1. The van der Waals surface area contributed by atoms with Gasteiger partial charge in [-0.1, -0.05) is 70.4 Å². The maximum absolute atomic E-state index is 13.1. The van der Waals surface area contributed by atoms with E-state index in [2.05, 4.69) is 11.5 Å². The molecule has 1 aromatic carbocycles. The van der Waals surface area contributed by atoms with Crippen LogP contribution in [0.5, 0.6) is 5.75 Å². The van der Waals surface area contributed by atoms with E-state index in [0.717, 1.165) is 40.9 Å². The minimum Gasteiger partial charge on any atom is -0.508 e. The normalized spacial score (nSPS) is 11.1. The zero-order valence-electron chi connectivity index (χ0n) is 20.7. The van der Waals surface area contributed by atoms with Crippen LogP contribution in [-0.2, 0) is 17.8 Å². The highest BCUT2D eigenvalue weighted by atomic mass is 16.4. The summed E-state index contributed by atoms with van der Waals surface area (Å²) in [5.41, 5.74) is 4.49. The van der Waals surface area contributed by atoms with Crippen LogP contribution in [0.25, 0.3) is 0 Å². The van der Waals surface area contributed by atoms with Gasteiger partial charge >= 0.3 is 5.97 Å². The van der Waals surface area contributed by atoms with Crippen LogP contribution in [-0.4, -0.2) is 26.5 Å². The van der Waals surface area contributed by atoms with Gasteiger partial charge in [0.25, 0.3) is 0 Å². The molecule has 5 heteroatoms. The summed E-state index contributed by atoms with van der Waals surface area (Å²) in [7, 11) is 0. The highest BCUT2D eigenvalue weighted by molar-refractivity contribution is 5.99. The molecule has 0 unspecified atom stereocenters. The van der Waals surface area contributed by atoms with E-state index in [9.17, 15) is 19.8 Å². The van der Waals surface area contributed by atoms with E-state index in [0.29, 0.717) is 19.4 Å². The van der Waals surface area contributed by atoms with Crippen molar-refractivity contribution in [2.75, 3.05) is 0 Å². The Balaban J connectivity index is 2.03. The number of unbranched alkanes of at least 4 members (excludes halogenated alkanes) is 8. The highest BCUT2D eigenvalue weighted by Gasteiger charge is 2.22. The number of aromatic nitrogens is 1. The zero-order valence-corrected chi connectivity index (χ0v) is 20.7. The molecule has 0 spiro atoms. The van der Waals surface area contributed by atoms with Gasteiger partial charge in [0.1, 0.15) is 5.75 Å². The first-order valence-corrected chi connectivity index (χ1v) is 12.6. The maximum atomic E-state index is 13.1. The number of Topliss-reactive ketones (excluding diaryl/α,β-unsaturated/α-hetero) is 1. The van der Waals surface area contributed by atoms with Crippen molar-refractivity contribution in [1.29, 1.82) is 0 Å². The lowest BCUT2D eigenvalue weighted by Crippen LogP contribution is -2.09. The lowest BCUT2D eigenvalue weighted by molar-refractivity contribution is -0.137. The number of carbonyl (C=O) groups is 2. The van der Waals surface area contributed by atoms with Crippen molar-refractivity contribution in [3.63, 3.8) is 0 Å². The van der Waals surface area contributed by atoms with Gasteiger partial charge in [-0.05, 0) is 49.9 Å². The van der Waals surface area contributed by atoms with Gasteiger partial charge in [0, 0.05) is 29.9 Å². The average Bonchev–Trinajstić information content (AvgIpc) is 3.01.